The molecule has 0 heterocycles. The van der Waals surface area contributed by atoms with Gasteiger partial charge in [-0.2, -0.15) is 0 Å². The predicted molar refractivity (Wildman–Crippen MR) is 71.8 cm³/mol. The second-order valence-electron chi connectivity index (χ2n) is 3.64. The number of ether oxygens (including phenoxy) is 2. The highest BCUT2D eigenvalue weighted by Gasteiger charge is 2.23. The normalized spacial score (nSPS) is 10.0. The number of esters is 2. The van der Waals surface area contributed by atoms with Crippen molar-refractivity contribution in [3.8, 4) is 0 Å². The lowest BCUT2D eigenvalue weighted by molar-refractivity contribution is -0.387. The van der Waals surface area contributed by atoms with Crippen LogP contribution < -0.4 is 0 Å². The van der Waals surface area contributed by atoms with E-state index in [1.165, 1.54) is 0 Å². The van der Waals surface area contributed by atoms with Crippen LogP contribution in [0.3, 0.4) is 0 Å². The Bertz CT molecular complexity index is 577. The molecule has 0 amide bonds. The molecule has 0 saturated carbocycles. The lowest BCUT2D eigenvalue weighted by Gasteiger charge is -2.06. The summed E-state index contributed by atoms with van der Waals surface area (Å²) < 4.78 is 22.7. The SMILES string of the molecule is CCOC(=O)CSc1cc(C(=O)OC)c(F)cc1[N+](=O)[O-]. The molecule has 0 aromatic heterocycles. The summed E-state index contributed by atoms with van der Waals surface area (Å²) in [5.41, 5.74) is -0.969. The summed E-state index contributed by atoms with van der Waals surface area (Å²) in [6.45, 7) is 1.80. The van der Waals surface area contributed by atoms with Crippen LogP contribution in [0.25, 0.3) is 0 Å². The highest BCUT2D eigenvalue weighted by atomic mass is 32.2. The second-order valence-corrected chi connectivity index (χ2v) is 4.66. The zero-order valence-corrected chi connectivity index (χ0v) is 12.1. The van der Waals surface area contributed by atoms with E-state index in [1.807, 2.05) is 0 Å². The summed E-state index contributed by atoms with van der Waals surface area (Å²) in [4.78, 5) is 32.7. The van der Waals surface area contributed by atoms with Gasteiger partial charge in [-0.15, -0.1) is 11.8 Å². The fraction of sp³-hybridized carbons (Fsp3) is 0.333. The third-order valence-corrected chi connectivity index (χ3v) is 3.32. The number of thioether (sulfide) groups is 1. The Kier molecular flexibility index (Phi) is 6.10. The van der Waals surface area contributed by atoms with Crippen molar-refractivity contribution >= 4 is 29.4 Å². The number of nitro benzene ring substituents is 1. The van der Waals surface area contributed by atoms with Crippen LogP contribution >= 0.6 is 11.8 Å². The van der Waals surface area contributed by atoms with Crippen molar-refractivity contribution in [3.63, 3.8) is 0 Å². The van der Waals surface area contributed by atoms with Crippen molar-refractivity contribution in [2.24, 2.45) is 0 Å². The summed E-state index contributed by atoms with van der Waals surface area (Å²) in [5.74, 6) is -2.78. The molecule has 9 heteroatoms. The van der Waals surface area contributed by atoms with E-state index in [0.29, 0.717) is 6.07 Å². The first-order valence-electron chi connectivity index (χ1n) is 5.75. The molecule has 0 bridgehead atoms. The van der Waals surface area contributed by atoms with Gasteiger partial charge in [-0.25, -0.2) is 9.18 Å². The largest absolute Gasteiger partial charge is 0.465 e. The van der Waals surface area contributed by atoms with Crippen LogP contribution in [-0.4, -0.2) is 36.3 Å². The smallest absolute Gasteiger partial charge is 0.340 e. The van der Waals surface area contributed by atoms with Crippen molar-refractivity contribution in [1.82, 2.24) is 0 Å². The number of hydrogen-bond acceptors (Lipinski definition) is 7. The molecule has 114 valence electrons. The molecule has 0 aliphatic heterocycles. The van der Waals surface area contributed by atoms with Crippen molar-refractivity contribution in [2.45, 2.75) is 11.8 Å². The fourth-order valence-electron chi connectivity index (χ4n) is 1.41. The van der Waals surface area contributed by atoms with E-state index in [-0.39, 0.29) is 17.3 Å². The number of benzene rings is 1. The Morgan fingerprint density at radius 1 is 1.43 bits per heavy atom. The molecule has 1 aromatic carbocycles. The Morgan fingerprint density at radius 2 is 2.10 bits per heavy atom. The standard InChI is InChI=1S/C12H12FNO6S/c1-3-20-11(15)6-21-10-4-7(12(16)19-2)8(13)5-9(10)14(17)18/h4-5H,3,6H2,1-2H3. The van der Waals surface area contributed by atoms with Gasteiger partial charge in [0.05, 0.1) is 40.9 Å². The Labute approximate surface area is 123 Å². The number of carbonyl (C=O) groups excluding carboxylic acids is 2. The van der Waals surface area contributed by atoms with Crippen LogP contribution in [0.15, 0.2) is 17.0 Å². The van der Waals surface area contributed by atoms with Gasteiger partial charge >= 0.3 is 11.9 Å². The van der Waals surface area contributed by atoms with Gasteiger partial charge in [0.1, 0.15) is 5.82 Å². The van der Waals surface area contributed by atoms with Crippen LogP contribution in [-0.2, 0) is 14.3 Å². The van der Waals surface area contributed by atoms with Gasteiger partial charge in [0.2, 0.25) is 0 Å². The predicted octanol–water partition coefficient (Wildman–Crippen LogP) is 2.18. The molecule has 0 aliphatic carbocycles. The summed E-state index contributed by atoms with van der Waals surface area (Å²) in [7, 11) is 1.06. The van der Waals surface area contributed by atoms with Crippen LogP contribution in [0.5, 0.6) is 0 Å². The molecule has 0 spiro atoms. The highest BCUT2D eigenvalue weighted by Crippen LogP contribution is 2.32. The van der Waals surface area contributed by atoms with Crippen LogP contribution in [0, 0.1) is 15.9 Å². The minimum absolute atomic E-state index is 0.0187. The number of methoxy groups -OCH3 is 1. The van der Waals surface area contributed by atoms with Crippen molar-refractivity contribution < 1.29 is 28.4 Å². The lowest BCUT2D eigenvalue weighted by Crippen LogP contribution is -2.08. The van der Waals surface area contributed by atoms with E-state index in [0.717, 1.165) is 24.9 Å². The van der Waals surface area contributed by atoms with E-state index in [1.54, 1.807) is 6.92 Å². The van der Waals surface area contributed by atoms with Gasteiger partial charge in [-0.05, 0) is 13.0 Å². The topological polar surface area (TPSA) is 95.7 Å². The molecule has 0 atom stereocenters. The zero-order chi connectivity index (χ0) is 16.0. The van der Waals surface area contributed by atoms with E-state index < -0.39 is 33.9 Å². The molecule has 21 heavy (non-hydrogen) atoms. The van der Waals surface area contributed by atoms with Gasteiger partial charge in [0, 0.05) is 0 Å². The summed E-state index contributed by atoms with van der Waals surface area (Å²) in [5, 5.41) is 10.9. The van der Waals surface area contributed by atoms with Crippen molar-refractivity contribution in [3.05, 3.63) is 33.6 Å². The maximum atomic E-state index is 13.6. The van der Waals surface area contributed by atoms with E-state index in [9.17, 15) is 24.1 Å². The maximum Gasteiger partial charge on any atom is 0.340 e. The van der Waals surface area contributed by atoms with E-state index >= 15 is 0 Å². The number of carbonyl (C=O) groups is 2. The maximum absolute atomic E-state index is 13.6. The van der Waals surface area contributed by atoms with Crippen molar-refractivity contribution in [1.29, 1.82) is 0 Å². The van der Waals surface area contributed by atoms with E-state index in [4.69, 9.17) is 4.74 Å². The second kappa shape index (κ2) is 7.58. The Hall–Kier alpha value is -2.16. The van der Waals surface area contributed by atoms with Crippen molar-refractivity contribution in [2.75, 3.05) is 19.5 Å². The number of nitro groups is 1. The monoisotopic (exact) mass is 317 g/mol. The third-order valence-electron chi connectivity index (χ3n) is 2.30. The molecule has 1 rings (SSSR count). The van der Waals surface area contributed by atoms with Gasteiger partial charge in [-0.1, -0.05) is 0 Å². The van der Waals surface area contributed by atoms with Gasteiger partial charge in [0.15, 0.2) is 0 Å². The molecule has 0 unspecified atom stereocenters. The minimum atomic E-state index is -1.06. The van der Waals surface area contributed by atoms with Crippen LogP contribution in [0.4, 0.5) is 10.1 Å². The fourth-order valence-corrected chi connectivity index (χ4v) is 2.25. The number of nitrogens with zero attached hydrogens (tertiary/aromatic N) is 1. The van der Waals surface area contributed by atoms with E-state index in [2.05, 4.69) is 4.74 Å². The summed E-state index contributed by atoms with van der Waals surface area (Å²) in [6, 6.07) is 1.61. The zero-order valence-electron chi connectivity index (χ0n) is 11.3. The third kappa shape index (κ3) is 4.42. The lowest BCUT2D eigenvalue weighted by atomic mass is 10.2. The van der Waals surface area contributed by atoms with Crippen LogP contribution in [0.2, 0.25) is 0 Å². The molecule has 7 nitrogen and oxygen atoms in total. The van der Waals surface area contributed by atoms with Gasteiger partial charge < -0.3 is 9.47 Å². The van der Waals surface area contributed by atoms with Gasteiger partial charge in [0.25, 0.3) is 5.69 Å². The average Bonchev–Trinajstić information content (AvgIpc) is 2.44. The molecule has 1 aromatic rings. The first kappa shape index (κ1) is 16.9. The molecule has 0 aliphatic rings. The average molecular weight is 317 g/mol. The van der Waals surface area contributed by atoms with Crippen LogP contribution in [0.1, 0.15) is 17.3 Å². The molecule has 0 fully saturated rings. The number of halogens is 1. The molecule has 0 saturated heterocycles. The Morgan fingerprint density at radius 3 is 2.62 bits per heavy atom. The molecular formula is C12H12FNO6S. The Balaban J connectivity index is 3.11. The molecular weight excluding hydrogens is 305 g/mol. The summed E-state index contributed by atoms with van der Waals surface area (Å²) in [6.07, 6.45) is 0. The van der Waals surface area contributed by atoms with Gasteiger partial charge in [-0.3, -0.25) is 14.9 Å². The minimum Gasteiger partial charge on any atom is -0.465 e. The molecule has 0 N–H and O–H groups in total. The quantitative estimate of drug-likeness (QED) is 0.343. The highest BCUT2D eigenvalue weighted by molar-refractivity contribution is 8.00. The number of rotatable bonds is 6. The molecule has 0 radical (unpaired) electrons. The summed E-state index contributed by atoms with van der Waals surface area (Å²) >= 11 is 0.784. The first-order chi connectivity index (χ1) is 9.90. The number of hydrogen-bond donors (Lipinski definition) is 0. The first-order valence-corrected chi connectivity index (χ1v) is 6.73.